The van der Waals surface area contributed by atoms with Crippen molar-refractivity contribution in [2.45, 2.75) is 13.5 Å². The minimum absolute atomic E-state index is 0.514. The van der Waals surface area contributed by atoms with Crippen molar-refractivity contribution < 1.29 is 4.79 Å². The van der Waals surface area contributed by atoms with Gasteiger partial charge in [0.25, 0.3) is 0 Å². The molecule has 0 radical (unpaired) electrons. The van der Waals surface area contributed by atoms with Gasteiger partial charge in [0.2, 0.25) is 0 Å². The van der Waals surface area contributed by atoms with Crippen LogP contribution in [-0.4, -0.2) is 21.3 Å². The first kappa shape index (κ1) is 11.0. The van der Waals surface area contributed by atoms with E-state index in [-0.39, 0.29) is 0 Å². The number of aromatic nitrogens is 3. The van der Waals surface area contributed by atoms with Crippen LogP contribution in [0.4, 0.5) is 0 Å². The van der Waals surface area contributed by atoms with Crippen LogP contribution in [0, 0.1) is 0 Å². The average molecular weight is 280 g/mol. The highest BCUT2D eigenvalue weighted by Gasteiger charge is 2.12. The summed E-state index contributed by atoms with van der Waals surface area (Å²) >= 11 is 3.39. The van der Waals surface area contributed by atoms with Gasteiger partial charge >= 0.3 is 0 Å². The normalized spacial score (nSPS) is 10.4. The number of rotatable bonds is 3. The molecule has 0 bridgehead atoms. The molecule has 16 heavy (non-hydrogen) atoms. The van der Waals surface area contributed by atoms with Crippen molar-refractivity contribution >= 4 is 22.2 Å². The van der Waals surface area contributed by atoms with Crippen LogP contribution in [0.5, 0.6) is 0 Å². The summed E-state index contributed by atoms with van der Waals surface area (Å²) in [6, 6.07) is 7.64. The van der Waals surface area contributed by atoms with Crippen molar-refractivity contribution in [2.24, 2.45) is 0 Å². The molecule has 0 fully saturated rings. The van der Waals surface area contributed by atoms with Crippen molar-refractivity contribution in [2.75, 3.05) is 0 Å². The fraction of sp³-hybridized carbons (Fsp3) is 0.182. The van der Waals surface area contributed by atoms with E-state index >= 15 is 0 Å². The predicted octanol–water partition coefficient (Wildman–Crippen LogP) is 2.54. The smallest absolute Gasteiger partial charge is 0.170 e. The molecule has 0 aliphatic heterocycles. The first-order chi connectivity index (χ1) is 7.76. The molecule has 0 spiro atoms. The van der Waals surface area contributed by atoms with Gasteiger partial charge in [-0.2, -0.15) is 0 Å². The van der Waals surface area contributed by atoms with Gasteiger partial charge in [-0.05, 0) is 19.1 Å². The van der Waals surface area contributed by atoms with Gasteiger partial charge in [0.05, 0.1) is 0 Å². The number of aldehydes is 1. The van der Waals surface area contributed by atoms with Crippen molar-refractivity contribution in [3.63, 3.8) is 0 Å². The van der Waals surface area contributed by atoms with Gasteiger partial charge in [0, 0.05) is 16.6 Å². The van der Waals surface area contributed by atoms with Crippen molar-refractivity contribution in [1.29, 1.82) is 0 Å². The molecule has 1 heterocycles. The summed E-state index contributed by atoms with van der Waals surface area (Å²) in [6.45, 7) is 2.56. The summed E-state index contributed by atoms with van der Waals surface area (Å²) in [5.74, 6) is 0. The van der Waals surface area contributed by atoms with E-state index in [4.69, 9.17) is 0 Å². The van der Waals surface area contributed by atoms with E-state index in [9.17, 15) is 4.79 Å². The zero-order valence-corrected chi connectivity index (χ0v) is 10.3. The molecule has 82 valence electrons. The standard InChI is InChI=1S/C11H10BrN3O/c1-2-15-10(7-16)11(13-14-15)8-4-3-5-9(12)6-8/h3-7H,2H2,1H3. The minimum atomic E-state index is 0.514. The fourth-order valence-corrected chi connectivity index (χ4v) is 1.91. The monoisotopic (exact) mass is 279 g/mol. The molecule has 1 aromatic heterocycles. The maximum atomic E-state index is 11.0. The third-order valence-electron chi connectivity index (χ3n) is 2.28. The van der Waals surface area contributed by atoms with Gasteiger partial charge in [0.1, 0.15) is 11.4 Å². The van der Waals surface area contributed by atoms with E-state index in [1.54, 1.807) is 4.68 Å². The van der Waals surface area contributed by atoms with E-state index in [1.807, 2.05) is 31.2 Å². The highest BCUT2D eigenvalue weighted by atomic mass is 79.9. The second kappa shape index (κ2) is 4.57. The fourth-order valence-electron chi connectivity index (χ4n) is 1.51. The van der Waals surface area contributed by atoms with E-state index in [1.165, 1.54) is 0 Å². The van der Waals surface area contributed by atoms with E-state index < -0.39 is 0 Å². The lowest BCUT2D eigenvalue weighted by molar-refractivity contribution is 0.111. The molecule has 2 aromatic rings. The quantitative estimate of drug-likeness (QED) is 0.812. The lowest BCUT2D eigenvalue weighted by Crippen LogP contribution is -2.01. The molecule has 4 nitrogen and oxygen atoms in total. The Morgan fingerprint density at radius 1 is 1.50 bits per heavy atom. The largest absolute Gasteiger partial charge is 0.296 e. The van der Waals surface area contributed by atoms with Crippen LogP contribution in [0.2, 0.25) is 0 Å². The topological polar surface area (TPSA) is 47.8 Å². The molecule has 0 saturated heterocycles. The number of halogens is 1. The van der Waals surface area contributed by atoms with E-state index in [0.717, 1.165) is 16.3 Å². The van der Waals surface area contributed by atoms with Gasteiger partial charge in [-0.3, -0.25) is 4.79 Å². The van der Waals surface area contributed by atoms with Crippen molar-refractivity contribution in [3.05, 3.63) is 34.4 Å². The van der Waals surface area contributed by atoms with Gasteiger partial charge in [-0.1, -0.05) is 33.3 Å². The Kier molecular flexibility index (Phi) is 3.14. The summed E-state index contributed by atoms with van der Waals surface area (Å²) in [6.07, 6.45) is 0.791. The maximum Gasteiger partial charge on any atom is 0.170 e. The molecule has 0 aliphatic carbocycles. The second-order valence-corrected chi connectivity index (χ2v) is 4.18. The van der Waals surface area contributed by atoms with E-state index in [2.05, 4.69) is 26.2 Å². The summed E-state index contributed by atoms with van der Waals surface area (Å²) in [7, 11) is 0. The third kappa shape index (κ3) is 1.90. The Morgan fingerprint density at radius 2 is 2.31 bits per heavy atom. The highest BCUT2D eigenvalue weighted by molar-refractivity contribution is 9.10. The van der Waals surface area contributed by atoms with Crippen LogP contribution in [0.25, 0.3) is 11.3 Å². The number of aryl methyl sites for hydroxylation is 1. The van der Waals surface area contributed by atoms with Crippen molar-refractivity contribution in [1.82, 2.24) is 15.0 Å². The van der Waals surface area contributed by atoms with Gasteiger partial charge in [0.15, 0.2) is 6.29 Å². The molecule has 0 atom stereocenters. The molecule has 5 heteroatoms. The first-order valence-electron chi connectivity index (χ1n) is 4.91. The average Bonchev–Trinajstić information content (AvgIpc) is 2.71. The van der Waals surface area contributed by atoms with Crippen LogP contribution < -0.4 is 0 Å². The number of hydrogen-bond donors (Lipinski definition) is 0. The molecule has 1 aromatic carbocycles. The SMILES string of the molecule is CCn1nnc(-c2cccc(Br)c2)c1C=O. The maximum absolute atomic E-state index is 11.0. The highest BCUT2D eigenvalue weighted by Crippen LogP contribution is 2.23. The molecular weight excluding hydrogens is 270 g/mol. The Hall–Kier alpha value is -1.49. The van der Waals surface area contributed by atoms with Crippen LogP contribution in [-0.2, 0) is 6.54 Å². The Bertz CT molecular complexity index is 522. The summed E-state index contributed by atoms with van der Waals surface area (Å²) < 4.78 is 2.54. The molecule has 0 N–H and O–H groups in total. The Labute approximate surface area is 101 Å². The van der Waals surface area contributed by atoms with Crippen LogP contribution in [0.15, 0.2) is 28.7 Å². The van der Waals surface area contributed by atoms with Gasteiger partial charge in [-0.25, -0.2) is 4.68 Å². The number of carbonyl (C=O) groups is 1. The number of nitrogens with zero attached hydrogens (tertiary/aromatic N) is 3. The zero-order chi connectivity index (χ0) is 11.5. The van der Waals surface area contributed by atoms with Gasteiger partial charge in [-0.15, -0.1) is 5.10 Å². The molecule has 0 aliphatic rings. The Morgan fingerprint density at radius 3 is 2.94 bits per heavy atom. The summed E-state index contributed by atoms with van der Waals surface area (Å²) in [5, 5.41) is 7.96. The number of benzene rings is 1. The first-order valence-corrected chi connectivity index (χ1v) is 5.70. The number of hydrogen-bond acceptors (Lipinski definition) is 3. The minimum Gasteiger partial charge on any atom is -0.296 e. The van der Waals surface area contributed by atoms with Crippen molar-refractivity contribution in [3.8, 4) is 11.3 Å². The molecule has 0 saturated carbocycles. The predicted molar refractivity (Wildman–Crippen MR) is 64.2 cm³/mol. The summed E-state index contributed by atoms with van der Waals surface area (Å²) in [4.78, 5) is 11.0. The third-order valence-corrected chi connectivity index (χ3v) is 2.78. The van der Waals surface area contributed by atoms with Crippen LogP contribution in [0.1, 0.15) is 17.4 Å². The zero-order valence-electron chi connectivity index (χ0n) is 8.72. The molecule has 0 amide bonds. The number of carbonyl (C=O) groups excluding carboxylic acids is 1. The molecule has 2 rings (SSSR count). The van der Waals surface area contributed by atoms with Gasteiger partial charge < -0.3 is 0 Å². The Balaban J connectivity index is 2.55. The second-order valence-electron chi connectivity index (χ2n) is 3.27. The molecular formula is C11H10BrN3O. The lowest BCUT2D eigenvalue weighted by Gasteiger charge is -1.99. The molecule has 0 unspecified atom stereocenters. The summed E-state index contributed by atoms with van der Waals surface area (Å²) in [5.41, 5.74) is 2.02. The lowest BCUT2D eigenvalue weighted by atomic mass is 10.1. The van der Waals surface area contributed by atoms with E-state index in [0.29, 0.717) is 17.9 Å². The van der Waals surface area contributed by atoms with Crippen LogP contribution in [0.3, 0.4) is 0 Å². The van der Waals surface area contributed by atoms with Crippen LogP contribution >= 0.6 is 15.9 Å².